The quantitative estimate of drug-likeness (QED) is 0.778. The van der Waals surface area contributed by atoms with Crippen LogP contribution in [0.25, 0.3) is 0 Å². The molecule has 0 radical (unpaired) electrons. The molecule has 0 unspecified atom stereocenters. The molecule has 0 aliphatic rings. The highest BCUT2D eigenvalue weighted by Gasteiger charge is 2.04. The van der Waals surface area contributed by atoms with E-state index in [-0.39, 0.29) is 18.9 Å². The highest BCUT2D eigenvalue weighted by atomic mass is 16.5. The van der Waals surface area contributed by atoms with Crippen molar-refractivity contribution < 1.29 is 13.9 Å². The zero-order valence-corrected chi connectivity index (χ0v) is 10.5. The van der Waals surface area contributed by atoms with Crippen LogP contribution in [0.1, 0.15) is 12.2 Å². The molecule has 0 saturated heterocycles. The second-order valence-electron chi connectivity index (χ2n) is 3.99. The van der Waals surface area contributed by atoms with Crippen molar-refractivity contribution in [2.75, 3.05) is 12.3 Å². The minimum absolute atomic E-state index is 0.0918. The van der Waals surface area contributed by atoms with Crippen LogP contribution < -0.4 is 15.8 Å². The Morgan fingerprint density at radius 1 is 1.26 bits per heavy atom. The summed E-state index contributed by atoms with van der Waals surface area (Å²) in [6.45, 7) is 0.678. The molecule has 1 aromatic heterocycles. The number of nitrogens with one attached hydrogen (secondary N) is 1. The molecular weight excluding hydrogens is 244 g/mol. The van der Waals surface area contributed by atoms with E-state index in [1.807, 2.05) is 12.1 Å². The highest BCUT2D eigenvalue weighted by molar-refractivity contribution is 5.75. The SMILES string of the molecule is Nc1ccccc1OCCC(=O)NCc1ccco1. The number of carbonyl (C=O) groups excluding carboxylic acids is 1. The molecule has 0 spiro atoms. The number of nitrogen functional groups attached to an aromatic ring is 1. The van der Waals surface area contributed by atoms with E-state index in [1.54, 1.807) is 30.5 Å². The van der Waals surface area contributed by atoms with Crippen LogP contribution in [0.4, 0.5) is 5.69 Å². The van der Waals surface area contributed by atoms with Crippen LogP contribution in [0.3, 0.4) is 0 Å². The Kier molecular flexibility index (Phi) is 4.44. The van der Waals surface area contributed by atoms with Gasteiger partial charge >= 0.3 is 0 Å². The van der Waals surface area contributed by atoms with Crippen molar-refractivity contribution in [3.05, 3.63) is 48.4 Å². The Balaban J connectivity index is 1.68. The van der Waals surface area contributed by atoms with Crippen molar-refractivity contribution in [3.63, 3.8) is 0 Å². The largest absolute Gasteiger partial charge is 0.491 e. The number of rotatable bonds is 6. The fourth-order valence-corrected chi connectivity index (χ4v) is 1.55. The summed E-state index contributed by atoms with van der Waals surface area (Å²) >= 11 is 0. The summed E-state index contributed by atoms with van der Waals surface area (Å²) in [6, 6.07) is 10.8. The van der Waals surface area contributed by atoms with Gasteiger partial charge in [-0.15, -0.1) is 0 Å². The van der Waals surface area contributed by atoms with Gasteiger partial charge < -0.3 is 20.2 Å². The maximum atomic E-state index is 11.5. The van der Waals surface area contributed by atoms with E-state index in [2.05, 4.69) is 5.32 Å². The zero-order chi connectivity index (χ0) is 13.5. The molecule has 100 valence electrons. The first kappa shape index (κ1) is 13.0. The molecule has 0 saturated carbocycles. The van der Waals surface area contributed by atoms with Crippen LogP contribution in [-0.4, -0.2) is 12.5 Å². The van der Waals surface area contributed by atoms with Crippen LogP contribution in [0, 0.1) is 0 Å². The number of benzene rings is 1. The van der Waals surface area contributed by atoms with Crippen LogP contribution in [0.15, 0.2) is 47.1 Å². The highest BCUT2D eigenvalue weighted by Crippen LogP contribution is 2.19. The van der Waals surface area contributed by atoms with Crippen molar-refractivity contribution in [1.82, 2.24) is 5.32 Å². The van der Waals surface area contributed by atoms with Gasteiger partial charge in [-0.25, -0.2) is 0 Å². The first-order chi connectivity index (χ1) is 9.25. The molecule has 0 atom stereocenters. The fourth-order valence-electron chi connectivity index (χ4n) is 1.55. The van der Waals surface area contributed by atoms with E-state index in [1.165, 1.54) is 0 Å². The topological polar surface area (TPSA) is 77.5 Å². The van der Waals surface area contributed by atoms with Crippen molar-refractivity contribution in [1.29, 1.82) is 0 Å². The van der Waals surface area contributed by atoms with Crippen LogP contribution in [0.2, 0.25) is 0 Å². The summed E-state index contributed by atoms with van der Waals surface area (Å²) < 4.78 is 10.5. The number of anilines is 1. The molecule has 1 aromatic carbocycles. The van der Waals surface area contributed by atoms with Gasteiger partial charge in [0, 0.05) is 0 Å². The summed E-state index contributed by atoms with van der Waals surface area (Å²) in [4.78, 5) is 11.5. The van der Waals surface area contributed by atoms with Crippen molar-refractivity contribution in [3.8, 4) is 5.75 Å². The second-order valence-corrected chi connectivity index (χ2v) is 3.99. The molecule has 0 aliphatic heterocycles. The van der Waals surface area contributed by atoms with Crippen LogP contribution in [0.5, 0.6) is 5.75 Å². The maximum Gasteiger partial charge on any atom is 0.223 e. The third-order valence-electron chi connectivity index (χ3n) is 2.55. The predicted octanol–water partition coefficient (Wildman–Crippen LogP) is 1.95. The molecule has 2 rings (SSSR count). The van der Waals surface area contributed by atoms with Gasteiger partial charge in [-0.3, -0.25) is 4.79 Å². The molecule has 19 heavy (non-hydrogen) atoms. The van der Waals surface area contributed by atoms with Gasteiger partial charge in [0.25, 0.3) is 0 Å². The van der Waals surface area contributed by atoms with Gasteiger partial charge in [0.15, 0.2) is 0 Å². The van der Waals surface area contributed by atoms with Gasteiger partial charge in [0.2, 0.25) is 5.91 Å². The summed E-state index contributed by atoms with van der Waals surface area (Å²) in [5.74, 6) is 1.23. The average Bonchev–Trinajstić information content (AvgIpc) is 2.92. The van der Waals surface area contributed by atoms with E-state index in [4.69, 9.17) is 14.9 Å². The third kappa shape index (κ3) is 4.06. The van der Waals surface area contributed by atoms with Gasteiger partial charge in [-0.1, -0.05) is 12.1 Å². The molecule has 1 amide bonds. The second kappa shape index (κ2) is 6.49. The zero-order valence-electron chi connectivity index (χ0n) is 10.5. The summed E-state index contributed by atoms with van der Waals surface area (Å²) in [7, 11) is 0. The summed E-state index contributed by atoms with van der Waals surface area (Å²) in [6.07, 6.45) is 1.85. The van der Waals surface area contributed by atoms with Crippen LogP contribution in [-0.2, 0) is 11.3 Å². The van der Waals surface area contributed by atoms with Gasteiger partial charge in [0.05, 0.1) is 31.5 Å². The van der Waals surface area contributed by atoms with Crippen molar-refractivity contribution in [2.45, 2.75) is 13.0 Å². The first-order valence-corrected chi connectivity index (χ1v) is 6.02. The number of furan rings is 1. The Labute approximate surface area is 111 Å². The number of para-hydroxylation sites is 2. The van der Waals surface area contributed by atoms with E-state index >= 15 is 0 Å². The minimum Gasteiger partial charge on any atom is -0.491 e. The smallest absolute Gasteiger partial charge is 0.223 e. The molecule has 0 aliphatic carbocycles. The maximum absolute atomic E-state index is 11.5. The number of hydrogen-bond donors (Lipinski definition) is 2. The number of amides is 1. The van der Waals surface area contributed by atoms with Crippen molar-refractivity contribution >= 4 is 11.6 Å². The Morgan fingerprint density at radius 3 is 2.84 bits per heavy atom. The standard InChI is InChI=1S/C14H16N2O3/c15-12-5-1-2-6-13(12)19-9-7-14(17)16-10-11-4-3-8-18-11/h1-6,8H,7,9-10,15H2,(H,16,17). The van der Waals surface area contributed by atoms with E-state index < -0.39 is 0 Å². The fraction of sp³-hybridized carbons (Fsp3) is 0.214. The van der Waals surface area contributed by atoms with Crippen LogP contribution >= 0.6 is 0 Å². The van der Waals surface area contributed by atoms with E-state index in [0.717, 1.165) is 5.76 Å². The molecule has 0 bridgehead atoms. The number of hydrogen-bond acceptors (Lipinski definition) is 4. The minimum atomic E-state index is -0.0918. The van der Waals surface area contributed by atoms with E-state index in [0.29, 0.717) is 18.0 Å². The molecule has 5 heteroatoms. The van der Waals surface area contributed by atoms with Crippen molar-refractivity contribution in [2.24, 2.45) is 0 Å². The monoisotopic (exact) mass is 260 g/mol. The Morgan fingerprint density at radius 2 is 2.11 bits per heavy atom. The third-order valence-corrected chi connectivity index (χ3v) is 2.55. The lowest BCUT2D eigenvalue weighted by molar-refractivity contribution is -0.121. The average molecular weight is 260 g/mol. The lowest BCUT2D eigenvalue weighted by Gasteiger charge is -2.08. The summed E-state index contributed by atoms with van der Waals surface area (Å²) in [5, 5.41) is 2.74. The number of carbonyl (C=O) groups is 1. The molecule has 3 N–H and O–H groups in total. The molecule has 0 fully saturated rings. The normalized spacial score (nSPS) is 10.1. The van der Waals surface area contributed by atoms with Gasteiger partial charge in [0.1, 0.15) is 11.5 Å². The molecular formula is C14H16N2O3. The lowest BCUT2D eigenvalue weighted by atomic mass is 10.3. The Bertz CT molecular complexity index is 523. The molecule has 5 nitrogen and oxygen atoms in total. The predicted molar refractivity (Wildman–Crippen MR) is 71.5 cm³/mol. The van der Waals surface area contributed by atoms with Gasteiger partial charge in [-0.2, -0.15) is 0 Å². The summed E-state index contributed by atoms with van der Waals surface area (Å²) in [5.41, 5.74) is 6.29. The number of ether oxygens (including phenoxy) is 1. The van der Waals surface area contributed by atoms with E-state index in [9.17, 15) is 4.79 Å². The molecule has 2 aromatic rings. The lowest BCUT2D eigenvalue weighted by Crippen LogP contribution is -2.24. The first-order valence-electron chi connectivity index (χ1n) is 6.02. The Hall–Kier alpha value is -2.43. The van der Waals surface area contributed by atoms with Gasteiger partial charge in [-0.05, 0) is 24.3 Å². The number of nitrogens with two attached hydrogens (primary N) is 1. The molecule has 1 heterocycles.